The molecule has 1 aromatic heterocycles. The van der Waals surface area contributed by atoms with E-state index in [0.717, 1.165) is 11.3 Å². The van der Waals surface area contributed by atoms with Gasteiger partial charge in [-0.3, -0.25) is 4.98 Å². The molecule has 0 radical (unpaired) electrons. The third-order valence-corrected chi connectivity index (χ3v) is 3.72. The van der Waals surface area contributed by atoms with Gasteiger partial charge in [0.1, 0.15) is 11.5 Å². The van der Waals surface area contributed by atoms with Crippen LogP contribution in [0.4, 0.5) is 0 Å². The van der Waals surface area contributed by atoms with Crippen LogP contribution in [0.5, 0.6) is 5.75 Å². The van der Waals surface area contributed by atoms with Crippen molar-refractivity contribution in [1.82, 2.24) is 4.98 Å². The van der Waals surface area contributed by atoms with E-state index in [9.17, 15) is 0 Å². The number of benzene rings is 2. The highest BCUT2D eigenvalue weighted by Crippen LogP contribution is 2.24. The van der Waals surface area contributed by atoms with E-state index in [-0.39, 0.29) is 0 Å². The Bertz CT molecular complexity index is 800. The largest absolute Gasteiger partial charge is 0.456 e. The molecule has 0 N–H and O–H groups in total. The SMILES string of the molecule is C=C(Oc1ccc(C)nc1)c1ccc(-c2ccc(C)cc2)cc1. The molecule has 0 unspecified atom stereocenters. The summed E-state index contributed by atoms with van der Waals surface area (Å²) in [6.07, 6.45) is 1.71. The van der Waals surface area contributed by atoms with Crippen LogP contribution in [0.1, 0.15) is 16.8 Å². The van der Waals surface area contributed by atoms with Crippen LogP contribution >= 0.6 is 0 Å². The van der Waals surface area contributed by atoms with E-state index in [2.05, 4.69) is 54.9 Å². The molecule has 23 heavy (non-hydrogen) atoms. The number of nitrogens with zero attached hydrogens (tertiary/aromatic N) is 1. The predicted octanol–water partition coefficient (Wildman–Crippen LogP) is 5.42. The molecule has 114 valence electrons. The van der Waals surface area contributed by atoms with Gasteiger partial charge in [-0.2, -0.15) is 0 Å². The molecular formula is C21H19NO. The summed E-state index contributed by atoms with van der Waals surface area (Å²) in [7, 11) is 0. The fourth-order valence-corrected chi connectivity index (χ4v) is 2.31. The highest BCUT2D eigenvalue weighted by atomic mass is 16.5. The lowest BCUT2D eigenvalue weighted by atomic mass is 10.0. The first-order valence-electron chi connectivity index (χ1n) is 7.59. The second-order valence-electron chi connectivity index (χ2n) is 5.60. The monoisotopic (exact) mass is 301 g/mol. The Morgan fingerprint density at radius 3 is 2.00 bits per heavy atom. The molecule has 2 nitrogen and oxygen atoms in total. The molecule has 0 atom stereocenters. The van der Waals surface area contributed by atoms with Crippen LogP contribution in [0.25, 0.3) is 16.9 Å². The lowest BCUT2D eigenvalue weighted by Crippen LogP contribution is -1.94. The van der Waals surface area contributed by atoms with Gasteiger partial charge in [0.05, 0.1) is 6.20 Å². The first-order chi connectivity index (χ1) is 11.1. The first kappa shape index (κ1) is 15.0. The van der Waals surface area contributed by atoms with Crippen LogP contribution in [0.2, 0.25) is 0 Å². The van der Waals surface area contributed by atoms with Crippen LogP contribution in [0.15, 0.2) is 73.4 Å². The smallest absolute Gasteiger partial charge is 0.145 e. The average molecular weight is 301 g/mol. The first-order valence-corrected chi connectivity index (χ1v) is 7.59. The van der Waals surface area contributed by atoms with Crippen molar-refractivity contribution in [3.8, 4) is 16.9 Å². The normalized spacial score (nSPS) is 10.3. The Morgan fingerprint density at radius 2 is 1.43 bits per heavy atom. The zero-order valence-electron chi connectivity index (χ0n) is 13.4. The van der Waals surface area contributed by atoms with Gasteiger partial charge in [0.15, 0.2) is 0 Å². The lowest BCUT2D eigenvalue weighted by Gasteiger charge is -2.10. The Balaban J connectivity index is 1.74. The van der Waals surface area contributed by atoms with Gasteiger partial charge in [0, 0.05) is 11.3 Å². The summed E-state index contributed by atoms with van der Waals surface area (Å²) < 4.78 is 5.76. The van der Waals surface area contributed by atoms with Gasteiger partial charge in [-0.15, -0.1) is 0 Å². The molecule has 0 amide bonds. The minimum Gasteiger partial charge on any atom is -0.456 e. The molecule has 0 aliphatic heterocycles. The molecule has 0 aliphatic carbocycles. The van der Waals surface area contributed by atoms with E-state index < -0.39 is 0 Å². The Kier molecular flexibility index (Phi) is 4.24. The summed E-state index contributed by atoms with van der Waals surface area (Å²) in [5.74, 6) is 1.31. The standard InChI is InChI=1S/C21H19NO/c1-15-4-7-19(8-5-15)20-11-9-18(10-12-20)17(3)23-21-13-6-16(2)22-14-21/h4-14H,3H2,1-2H3. The van der Waals surface area contributed by atoms with E-state index in [0.29, 0.717) is 11.5 Å². The van der Waals surface area contributed by atoms with Gasteiger partial charge in [-0.25, -0.2) is 0 Å². The van der Waals surface area contributed by atoms with Crippen molar-refractivity contribution in [3.63, 3.8) is 0 Å². The molecule has 0 saturated heterocycles. The van der Waals surface area contributed by atoms with Crippen LogP contribution in [-0.2, 0) is 0 Å². The second kappa shape index (κ2) is 6.49. The number of aryl methyl sites for hydroxylation is 2. The van der Waals surface area contributed by atoms with Gasteiger partial charge < -0.3 is 4.74 Å². The second-order valence-corrected chi connectivity index (χ2v) is 5.60. The fraction of sp³-hybridized carbons (Fsp3) is 0.0952. The number of hydrogen-bond donors (Lipinski definition) is 0. The van der Waals surface area contributed by atoms with Crippen molar-refractivity contribution in [3.05, 3.63) is 90.3 Å². The number of ether oxygens (including phenoxy) is 1. The maximum absolute atomic E-state index is 5.76. The molecule has 3 aromatic rings. The van der Waals surface area contributed by atoms with Gasteiger partial charge in [0.25, 0.3) is 0 Å². The number of hydrogen-bond acceptors (Lipinski definition) is 2. The summed E-state index contributed by atoms with van der Waals surface area (Å²) in [4.78, 5) is 4.22. The van der Waals surface area contributed by atoms with Crippen molar-refractivity contribution in [1.29, 1.82) is 0 Å². The van der Waals surface area contributed by atoms with Crippen molar-refractivity contribution < 1.29 is 4.74 Å². The summed E-state index contributed by atoms with van der Waals surface area (Å²) >= 11 is 0. The molecule has 0 bridgehead atoms. The van der Waals surface area contributed by atoms with Crippen molar-refractivity contribution >= 4 is 5.76 Å². The third kappa shape index (κ3) is 3.67. The van der Waals surface area contributed by atoms with Gasteiger partial charge >= 0.3 is 0 Å². The third-order valence-electron chi connectivity index (χ3n) is 3.72. The fourth-order valence-electron chi connectivity index (χ4n) is 2.31. The molecule has 3 rings (SSSR count). The molecule has 1 heterocycles. The Labute approximate surface area is 137 Å². The van der Waals surface area contributed by atoms with Crippen molar-refractivity contribution in [2.75, 3.05) is 0 Å². The highest BCUT2D eigenvalue weighted by molar-refractivity contribution is 5.68. The molecular weight excluding hydrogens is 282 g/mol. The lowest BCUT2D eigenvalue weighted by molar-refractivity contribution is 0.513. The molecule has 0 spiro atoms. The minimum atomic E-state index is 0.617. The molecule has 2 aromatic carbocycles. The Morgan fingerprint density at radius 1 is 0.826 bits per heavy atom. The van der Waals surface area contributed by atoms with Gasteiger partial charge in [-0.05, 0) is 37.1 Å². The summed E-state index contributed by atoms with van der Waals surface area (Å²) in [5, 5.41) is 0. The molecule has 0 saturated carbocycles. The number of aromatic nitrogens is 1. The van der Waals surface area contributed by atoms with E-state index in [4.69, 9.17) is 4.74 Å². The van der Waals surface area contributed by atoms with Crippen molar-refractivity contribution in [2.24, 2.45) is 0 Å². The van der Waals surface area contributed by atoms with Crippen molar-refractivity contribution in [2.45, 2.75) is 13.8 Å². The average Bonchev–Trinajstić information content (AvgIpc) is 2.58. The number of rotatable bonds is 4. The van der Waals surface area contributed by atoms with E-state index in [1.165, 1.54) is 16.7 Å². The summed E-state index contributed by atoms with van der Waals surface area (Å²) in [6.45, 7) is 8.04. The molecule has 0 aliphatic rings. The van der Waals surface area contributed by atoms with E-state index in [1.54, 1.807) is 6.20 Å². The maximum atomic E-state index is 5.76. The van der Waals surface area contributed by atoms with Gasteiger partial charge in [-0.1, -0.05) is 60.7 Å². The Hall–Kier alpha value is -2.87. The van der Waals surface area contributed by atoms with Crippen LogP contribution in [0, 0.1) is 13.8 Å². The van der Waals surface area contributed by atoms with E-state index >= 15 is 0 Å². The van der Waals surface area contributed by atoms with Crippen LogP contribution in [0.3, 0.4) is 0 Å². The summed E-state index contributed by atoms with van der Waals surface area (Å²) in [6, 6.07) is 20.5. The minimum absolute atomic E-state index is 0.617. The van der Waals surface area contributed by atoms with Gasteiger partial charge in [0.2, 0.25) is 0 Å². The summed E-state index contributed by atoms with van der Waals surface area (Å²) in [5.41, 5.74) is 5.57. The zero-order valence-corrected chi connectivity index (χ0v) is 13.4. The number of pyridine rings is 1. The van der Waals surface area contributed by atoms with Crippen LogP contribution in [-0.4, -0.2) is 4.98 Å². The predicted molar refractivity (Wildman–Crippen MR) is 95.3 cm³/mol. The topological polar surface area (TPSA) is 22.1 Å². The van der Waals surface area contributed by atoms with E-state index in [1.807, 2.05) is 31.2 Å². The van der Waals surface area contributed by atoms with Crippen LogP contribution < -0.4 is 4.74 Å². The maximum Gasteiger partial charge on any atom is 0.145 e. The molecule has 0 fully saturated rings. The highest BCUT2D eigenvalue weighted by Gasteiger charge is 2.04. The quantitative estimate of drug-likeness (QED) is 0.601. The molecule has 2 heteroatoms. The zero-order chi connectivity index (χ0) is 16.2.